The smallest absolute Gasteiger partial charge is 0.170 e. The first-order chi connectivity index (χ1) is 6.81. The highest BCUT2D eigenvalue weighted by Gasteiger charge is 2.25. The fourth-order valence-corrected chi connectivity index (χ4v) is 1.86. The highest BCUT2D eigenvalue weighted by atomic mass is 17.1. The molecule has 0 aliphatic carbocycles. The molecular weight excluding hydrogens is 180 g/mol. The summed E-state index contributed by atoms with van der Waals surface area (Å²) in [6, 6.07) is 7.41. The molecule has 76 valence electrons. The Kier molecular flexibility index (Phi) is 2.70. The van der Waals surface area contributed by atoms with Gasteiger partial charge in [0.15, 0.2) is 5.75 Å². The first kappa shape index (κ1) is 9.49. The summed E-state index contributed by atoms with van der Waals surface area (Å²) >= 11 is 0. The van der Waals surface area contributed by atoms with Gasteiger partial charge >= 0.3 is 0 Å². The molecule has 2 unspecified atom stereocenters. The third-order valence-corrected chi connectivity index (χ3v) is 2.60. The SMILES string of the molecule is CC1CCC(c2ccccc2OO)O1. The van der Waals surface area contributed by atoms with Crippen LogP contribution in [-0.2, 0) is 4.74 Å². The summed E-state index contributed by atoms with van der Waals surface area (Å²) in [4.78, 5) is 4.31. The molecule has 2 atom stereocenters. The quantitative estimate of drug-likeness (QED) is 0.581. The summed E-state index contributed by atoms with van der Waals surface area (Å²) in [5, 5.41) is 8.69. The Labute approximate surface area is 83.2 Å². The zero-order chi connectivity index (χ0) is 9.97. The molecule has 0 aromatic heterocycles. The molecule has 1 heterocycles. The lowest BCUT2D eigenvalue weighted by molar-refractivity contribution is -0.139. The molecule has 1 aliphatic heterocycles. The Morgan fingerprint density at radius 2 is 2.14 bits per heavy atom. The minimum atomic E-state index is 0.0633. The minimum Gasteiger partial charge on any atom is -0.370 e. The van der Waals surface area contributed by atoms with E-state index in [9.17, 15) is 0 Å². The lowest BCUT2D eigenvalue weighted by Crippen LogP contribution is -2.02. The summed E-state index contributed by atoms with van der Waals surface area (Å²) in [5.41, 5.74) is 0.930. The van der Waals surface area contributed by atoms with E-state index in [-0.39, 0.29) is 6.10 Å². The van der Waals surface area contributed by atoms with Crippen LogP contribution in [0.25, 0.3) is 0 Å². The maximum absolute atomic E-state index is 8.69. The molecule has 3 heteroatoms. The van der Waals surface area contributed by atoms with Crippen molar-refractivity contribution in [2.24, 2.45) is 0 Å². The van der Waals surface area contributed by atoms with Gasteiger partial charge in [-0.15, -0.1) is 0 Å². The summed E-state index contributed by atoms with van der Waals surface area (Å²) in [7, 11) is 0. The molecule has 14 heavy (non-hydrogen) atoms. The molecule has 3 nitrogen and oxygen atoms in total. The number of hydrogen-bond donors (Lipinski definition) is 1. The van der Waals surface area contributed by atoms with Gasteiger partial charge in [-0.3, -0.25) is 0 Å². The van der Waals surface area contributed by atoms with E-state index in [2.05, 4.69) is 11.8 Å². The van der Waals surface area contributed by atoms with Crippen LogP contribution in [0.4, 0.5) is 0 Å². The van der Waals surface area contributed by atoms with Crippen LogP contribution in [0.3, 0.4) is 0 Å². The van der Waals surface area contributed by atoms with Crippen molar-refractivity contribution in [3.8, 4) is 5.75 Å². The van der Waals surface area contributed by atoms with Gasteiger partial charge in [-0.25, -0.2) is 5.26 Å². The van der Waals surface area contributed by atoms with E-state index in [1.54, 1.807) is 6.07 Å². The van der Waals surface area contributed by atoms with Gasteiger partial charge in [-0.2, -0.15) is 0 Å². The van der Waals surface area contributed by atoms with Crippen LogP contribution >= 0.6 is 0 Å². The van der Waals surface area contributed by atoms with Crippen molar-refractivity contribution in [1.29, 1.82) is 0 Å². The van der Waals surface area contributed by atoms with E-state index in [0.717, 1.165) is 18.4 Å². The van der Waals surface area contributed by atoms with Crippen LogP contribution in [0.1, 0.15) is 31.4 Å². The van der Waals surface area contributed by atoms with Gasteiger partial charge in [-0.05, 0) is 25.8 Å². The molecule has 0 bridgehead atoms. The van der Waals surface area contributed by atoms with Crippen molar-refractivity contribution in [2.75, 3.05) is 0 Å². The molecule has 0 amide bonds. The van der Waals surface area contributed by atoms with Crippen molar-refractivity contribution < 1.29 is 14.9 Å². The van der Waals surface area contributed by atoms with Crippen LogP contribution in [0, 0.1) is 0 Å². The topological polar surface area (TPSA) is 38.7 Å². The lowest BCUT2D eigenvalue weighted by atomic mass is 10.1. The molecule has 1 aromatic rings. The van der Waals surface area contributed by atoms with E-state index in [1.165, 1.54) is 0 Å². The molecule has 0 saturated carbocycles. The van der Waals surface area contributed by atoms with Crippen LogP contribution < -0.4 is 4.89 Å². The first-order valence-electron chi connectivity index (χ1n) is 4.87. The fourth-order valence-electron chi connectivity index (χ4n) is 1.86. The zero-order valence-corrected chi connectivity index (χ0v) is 8.14. The normalized spacial score (nSPS) is 26.4. The highest BCUT2D eigenvalue weighted by Crippen LogP contribution is 2.36. The molecule has 1 aliphatic rings. The predicted molar refractivity (Wildman–Crippen MR) is 52.2 cm³/mol. The van der Waals surface area contributed by atoms with E-state index in [4.69, 9.17) is 9.99 Å². The number of hydrogen-bond acceptors (Lipinski definition) is 3. The number of rotatable bonds is 2. The van der Waals surface area contributed by atoms with Crippen molar-refractivity contribution in [1.82, 2.24) is 0 Å². The Morgan fingerprint density at radius 1 is 1.36 bits per heavy atom. The molecule has 0 spiro atoms. The van der Waals surface area contributed by atoms with E-state index < -0.39 is 0 Å². The lowest BCUT2D eigenvalue weighted by Gasteiger charge is -2.13. The molecule has 1 N–H and O–H groups in total. The second kappa shape index (κ2) is 3.98. The van der Waals surface area contributed by atoms with E-state index in [1.807, 2.05) is 18.2 Å². The van der Waals surface area contributed by atoms with E-state index >= 15 is 0 Å². The Morgan fingerprint density at radius 3 is 2.79 bits per heavy atom. The summed E-state index contributed by atoms with van der Waals surface area (Å²) < 4.78 is 5.70. The van der Waals surface area contributed by atoms with Crippen molar-refractivity contribution in [3.05, 3.63) is 29.8 Å². The zero-order valence-electron chi connectivity index (χ0n) is 8.14. The van der Waals surface area contributed by atoms with Gasteiger partial charge in [0.05, 0.1) is 12.2 Å². The minimum absolute atomic E-state index is 0.0633. The number of para-hydroxylation sites is 1. The van der Waals surface area contributed by atoms with Crippen molar-refractivity contribution in [3.63, 3.8) is 0 Å². The maximum atomic E-state index is 8.69. The standard InChI is InChI=1S/C11H14O3/c1-8-6-7-10(13-8)9-4-2-3-5-11(9)14-12/h2-5,8,10,12H,6-7H2,1H3. The Hall–Kier alpha value is -1.06. The molecule has 1 fully saturated rings. The largest absolute Gasteiger partial charge is 0.370 e. The molecular formula is C11H14O3. The predicted octanol–water partition coefficient (Wildman–Crippen LogP) is 2.78. The molecule has 2 rings (SSSR count). The monoisotopic (exact) mass is 194 g/mol. The van der Waals surface area contributed by atoms with Crippen LogP contribution in [-0.4, -0.2) is 11.4 Å². The molecule has 1 aromatic carbocycles. The summed E-state index contributed by atoms with van der Waals surface area (Å²) in [6.07, 6.45) is 2.41. The second-order valence-corrected chi connectivity index (χ2v) is 3.64. The summed E-state index contributed by atoms with van der Waals surface area (Å²) in [5.74, 6) is 0.492. The second-order valence-electron chi connectivity index (χ2n) is 3.64. The van der Waals surface area contributed by atoms with Crippen LogP contribution in [0.5, 0.6) is 5.75 Å². The molecule has 0 radical (unpaired) electrons. The highest BCUT2D eigenvalue weighted by molar-refractivity contribution is 5.35. The Bertz CT molecular complexity index is 311. The van der Waals surface area contributed by atoms with Crippen molar-refractivity contribution >= 4 is 0 Å². The average Bonchev–Trinajstić information content (AvgIpc) is 2.65. The average molecular weight is 194 g/mol. The van der Waals surface area contributed by atoms with Gasteiger partial charge in [-0.1, -0.05) is 18.2 Å². The molecule has 1 saturated heterocycles. The van der Waals surface area contributed by atoms with Gasteiger partial charge in [0.25, 0.3) is 0 Å². The van der Waals surface area contributed by atoms with Gasteiger partial charge in [0, 0.05) is 5.56 Å². The number of benzene rings is 1. The van der Waals surface area contributed by atoms with E-state index in [0.29, 0.717) is 11.9 Å². The third-order valence-electron chi connectivity index (χ3n) is 2.60. The third kappa shape index (κ3) is 1.74. The summed E-state index contributed by atoms with van der Waals surface area (Å²) in [6.45, 7) is 2.06. The first-order valence-corrected chi connectivity index (χ1v) is 4.87. The maximum Gasteiger partial charge on any atom is 0.170 e. The number of ether oxygens (including phenoxy) is 1. The fraction of sp³-hybridized carbons (Fsp3) is 0.455. The van der Waals surface area contributed by atoms with Crippen LogP contribution in [0.15, 0.2) is 24.3 Å². The van der Waals surface area contributed by atoms with Gasteiger partial charge in [0.1, 0.15) is 0 Å². The van der Waals surface area contributed by atoms with Gasteiger partial charge < -0.3 is 9.62 Å². The van der Waals surface area contributed by atoms with Gasteiger partial charge in [0.2, 0.25) is 0 Å². The Balaban J connectivity index is 2.22. The van der Waals surface area contributed by atoms with Crippen LogP contribution in [0.2, 0.25) is 0 Å². The van der Waals surface area contributed by atoms with Crippen molar-refractivity contribution in [2.45, 2.75) is 32.0 Å².